The van der Waals surface area contributed by atoms with Crippen molar-refractivity contribution in [3.8, 4) is 11.3 Å². The molecule has 4 N–H and O–H groups in total. The maximum absolute atomic E-state index is 12.9. The van der Waals surface area contributed by atoms with Crippen LogP contribution in [-0.4, -0.2) is 39.9 Å². The molecule has 0 bridgehead atoms. The Kier molecular flexibility index (Phi) is 7.39. The Morgan fingerprint density at radius 3 is 2.50 bits per heavy atom. The highest BCUT2D eigenvalue weighted by atomic mass is 16.2. The molecule has 4 aromatic rings. The van der Waals surface area contributed by atoms with Crippen molar-refractivity contribution in [2.24, 2.45) is 0 Å². The summed E-state index contributed by atoms with van der Waals surface area (Å²) < 4.78 is 1.66. The van der Waals surface area contributed by atoms with Gasteiger partial charge in [0, 0.05) is 44.0 Å². The van der Waals surface area contributed by atoms with E-state index >= 15 is 0 Å². The average Bonchev–Trinajstić information content (AvgIpc) is 2.89. The molecular weight excluding hydrogens is 456 g/mol. The highest BCUT2D eigenvalue weighted by Gasteiger charge is 2.20. The van der Waals surface area contributed by atoms with Crippen molar-refractivity contribution in [3.63, 3.8) is 0 Å². The van der Waals surface area contributed by atoms with E-state index in [1.54, 1.807) is 22.9 Å². The van der Waals surface area contributed by atoms with Gasteiger partial charge in [0.05, 0.1) is 17.5 Å². The Morgan fingerprint density at radius 2 is 1.83 bits per heavy atom. The summed E-state index contributed by atoms with van der Waals surface area (Å²) in [5, 5.41) is 5.72. The highest BCUT2D eigenvalue weighted by Crippen LogP contribution is 2.23. The number of aryl methyl sites for hydroxylation is 1. The number of anilines is 1. The maximum Gasteiger partial charge on any atom is 0.258 e. The molecule has 0 fully saturated rings. The second-order valence-corrected chi connectivity index (χ2v) is 8.28. The molecule has 0 aliphatic rings. The van der Waals surface area contributed by atoms with Crippen molar-refractivity contribution in [1.82, 2.24) is 25.2 Å². The molecule has 0 saturated carbocycles. The van der Waals surface area contributed by atoms with E-state index in [0.717, 1.165) is 16.8 Å². The normalized spacial score (nSPS) is 10.8. The zero-order valence-corrected chi connectivity index (χ0v) is 20.2. The third-order valence-corrected chi connectivity index (χ3v) is 5.96. The first-order valence-electron chi connectivity index (χ1n) is 11.7. The number of pyridine rings is 3. The number of amides is 2. The van der Waals surface area contributed by atoms with E-state index in [2.05, 4.69) is 15.6 Å². The Hall–Kier alpha value is -4.53. The third-order valence-electron chi connectivity index (χ3n) is 5.96. The summed E-state index contributed by atoms with van der Waals surface area (Å²) in [5.74, 6) is -0.498. The van der Waals surface area contributed by atoms with E-state index in [4.69, 9.17) is 10.7 Å². The molecule has 0 spiro atoms. The summed E-state index contributed by atoms with van der Waals surface area (Å²) in [4.78, 5) is 46.4. The molecule has 4 rings (SSSR count). The second-order valence-electron chi connectivity index (χ2n) is 8.28. The van der Waals surface area contributed by atoms with Gasteiger partial charge >= 0.3 is 0 Å². The molecule has 1 aromatic carbocycles. The number of nitrogen functional groups attached to an aromatic ring is 1. The third kappa shape index (κ3) is 5.10. The molecule has 3 aromatic heterocycles. The Balaban J connectivity index is 1.51. The minimum Gasteiger partial charge on any atom is -0.384 e. The number of hydrogen-bond donors (Lipinski definition) is 3. The fraction of sp³-hybridized carbons (Fsp3) is 0.222. The van der Waals surface area contributed by atoms with Crippen LogP contribution >= 0.6 is 0 Å². The molecule has 9 heteroatoms. The summed E-state index contributed by atoms with van der Waals surface area (Å²) in [7, 11) is 1.46. The molecular formula is C27H28N6O3. The lowest BCUT2D eigenvalue weighted by Gasteiger charge is -2.15. The van der Waals surface area contributed by atoms with Gasteiger partial charge in [0.15, 0.2) is 0 Å². The van der Waals surface area contributed by atoms with Crippen LogP contribution in [0.2, 0.25) is 0 Å². The number of nitrogens with two attached hydrogens (primary N) is 1. The number of aromatic nitrogens is 3. The van der Waals surface area contributed by atoms with Gasteiger partial charge in [-0.05, 0) is 36.8 Å². The number of carbonyl (C=O) groups is 2. The van der Waals surface area contributed by atoms with Crippen molar-refractivity contribution < 1.29 is 9.59 Å². The summed E-state index contributed by atoms with van der Waals surface area (Å²) in [5.41, 5.74) is 9.37. The first kappa shape index (κ1) is 24.6. The van der Waals surface area contributed by atoms with Gasteiger partial charge in [0.25, 0.3) is 5.91 Å². The fourth-order valence-corrected chi connectivity index (χ4v) is 4.07. The van der Waals surface area contributed by atoms with Crippen molar-refractivity contribution in [3.05, 3.63) is 87.8 Å². The number of nitrogens with one attached hydrogen (secondary N) is 2. The summed E-state index contributed by atoms with van der Waals surface area (Å²) >= 11 is 0. The van der Waals surface area contributed by atoms with Gasteiger partial charge < -0.3 is 20.9 Å². The number of benzene rings is 1. The highest BCUT2D eigenvalue weighted by molar-refractivity contribution is 6.01. The van der Waals surface area contributed by atoms with Gasteiger partial charge in [0.2, 0.25) is 11.3 Å². The van der Waals surface area contributed by atoms with Gasteiger partial charge in [-0.3, -0.25) is 19.4 Å². The van der Waals surface area contributed by atoms with Gasteiger partial charge in [0.1, 0.15) is 17.0 Å². The number of rotatable bonds is 8. The van der Waals surface area contributed by atoms with Crippen LogP contribution in [0.5, 0.6) is 0 Å². The average molecular weight is 485 g/mol. The zero-order chi connectivity index (χ0) is 25.7. The number of carbonyl (C=O) groups excluding carboxylic acids is 2. The van der Waals surface area contributed by atoms with Crippen LogP contribution in [0.15, 0.2) is 65.6 Å². The van der Waals surface area contributed by atoms with Gasteiger partial charge in [-0.15, -0.1) is 0 Å². The lowest BCUT2D eigenvalue weighted by atomic mass is 10.1. The molecule has 0 saturated heterocycles. The molecule has 184 valence electrons. The van der Waals surface area contributed by atoms with Gasteiger partial charge in [-0.25, -0.2) is 4.98 Å². The molecule has 3 heterocycles. The van der Waals surface area contributed by atoms with Gasteiger partial charge in [-0.2, -0.15) is 0 Å². The van der Waals surface area contributed by atoms with Crippen molar-refractivity contribution in [2.45, 2.75) is 26.3 Å². The van der Waals surface area contributed by atoms with Gasteiger partial charge in [-0.1, -0.05) is 30.3 Å². The fourth-order valence-electron chi connectivity index (χ4n) is 4.07. The molecule has 9 nitrogen and oxygen atoms in total. The Labute approximate surface area is 208 Å². The van der Waals surface area contributed by atoms with Crippen LogP contribution in [-0.2, 0) is 24.2 Å². The topological polar surface area (TPSA) is 132 Å². The Bertz CT molecular complexity index is 1460. The molecule has 0 radical (unpaired) electrons. The smallest absolute Gasteiger partial charge is 0.258 e. The monoisotopic (exact) mass is 484 g/mol. The number of fused-ring (bicyclic) bond motifs is 1. The van der Waals surface area contributed by atoms with E-state index in [1.807, 2.05) is 49.4 Å². The predicted molar refractivity (Wildman–Crippen MR) is 140 cm³/mol. The van der Waals surface area contributed by atoms with Crippen LogP contribution in [0.1, 0.15) is 28.5 Å². The van der Waals surface area contributed by atoms with Crippen LogP contribution in [0.4, 0.5) is 5.82 Å². The van der Waals surface area contributed by atoms with E-state index < -0.39 is 11.3 Å². The summed E-state index contributed by atoms with van der Waals surface area (Å²) in [6.07, 6.45) is 2.68. The lowest BCUT2D eigenvalue weighted by molar-refractivity contribution is -0.120. The molecule has 2 amide bonds. The first-order valence-corrected chi connectivity index (χ1v) is 11.7. The largest absolute Gasteiger partial charge is 0.384 e. The number of hydrogen-bond acceptors (Lipinski definition) is 6. The van der Waals surface area contributed by atoms with E-state index in [0.29, 0.717) is 36.2 Å². The van der Waals surface area contributed by atoms with Crippen LogP contribution < -0.4 is 21.8 Å². The van der Waals surface area contributed by atoms with E-state index in [-0.39, 0.29) is 23.7 Å². The lowest BCUT2D eigenvalue weighted by Crippen LogP contribution is -2.30. The van der Waals surface area contributed by atoms with E-state index in [1.165, 1.54) is 7.05 Å². The molecule has 0 atom stereocenters. The maximum atomic E-state index is 12.9. The SMILES string of the molecule is CCn1c(N)c(C(=O)NC)c(=O)c2ccc(-c3ccc(CC(=O)NCCc4ccccn4)cc3)nc21. The first-order chi connectivity index (χ1) is 17.4. The van der Waals surface area contributed by atoms with Crippen LogP contribution in [0.3, 0.4) is 0 Å². The van der Waals surface area contributed by atoms with Crippen LogP contribution in [0, 0.1) is 0 Å². The van der Waals surface area contributed by atoms with E-state index in [9.17, 15) is 14.4 Å². The summed E-state index contributed by atoms with van der Waals surface area (Å²) in [6.45, 7) is 2.84. The molecule has 36 heavy (non-hydrogen) atoms. The molecule has 0 unspecified atom stereocenters. The Morgan fingerprint density at radius 1 is 1.06 bits per heavy atom. The molecule has 0 aliphatic heterocycles. The second kappa shape index (κ2) is 10.8. The predicted octanol–water partition coefficient (Wildman–Crippen LogP) is 2.32. The number of nitrogens with zero attached hydrogens (tertiary/aromatic N) is 3. The van der Waals surface area contributed by atoms with Crippen molar-refractivity contribution in [2.75, 3.05) is 19.3 Å². The minimum atomic E-state index is -0.526. The van der Waals surface area contributed by atoms with Crippen molar-refractivity contribution >= 4 is 28.7 Å². The minimum absolute atomic E-state index is 0.0585. The standard InChI is InChI=1S/C27H28N6O3/c1-3-33-25(28)23(27(36)29-2)24(35)20-11-12-21(32-26(20)33)18-9-7-17(8-10-18)16-22(34)31-15-13-19-6-4-5-14-30-19/h4-12,14H,3,13,15-16,28H2,1-2H3,(H,29,36)(H,31,34). The quantitative estimate of drug-likeness (QED) is 0.352. The summed E-state index contributed by atoms with van der Waals surface area (Å²) in [6, 6.07) is 16.7. The molecule has 0 aliphatic carbocycles. The van der Waals surface area contributed by atoms with Crippen LogP contribution in [0.25, 0.3) is 22.3 Å². The van der Waals surface area contributed by atoms with Crippen molar-refractivity contribution in [1.29, 1.82) is 0 Å². The zero-order valence-electron chi connectivity index (χ0n) is 20.2.